The summed E-state index contributed by atoms with van der Waals surface area (Å²) in [5.74, 6) is 0.957. The highest BCUT2D eigenvalue weighted by molar-refractivity contribution is 5.89. The van der Waals surface area contributed by atoms with Gasteiger partial charge in [-0.1, -0.05) is 0 Å². The van der Waals surface area contributed by atoms with Crippen LogP contribution >= 0.6 is 0 Å². The van der Waals surface area contributed by atoms with E-state index in [4.69, 9.17) is 10.5 Å². The Morgan fingerprint density at radius 3 is 3.07 bits per heavy atom. The molecule has 1 atom stereocenters. The Morgan fingerprint density at radius 1 is 1.40 bits per heavy atom. The standard InChI is InChI=1S/C12H14N2O/c1-15-11-3-2-10-12-7(6-14-10)4-8(13)5-9(11)12/h2-3,6,8,14H,4-5,13H2,1H3. The first-order valence-corrected chi connectivity index (χ1v) is 5.21. The average molecular weight is 202 g/mol. The number of benzene rings is 1. The normalized spacial score (nSPS) is 19.5. The summed E-state index contributed by atoms with van der Waals surface area (Å²) in [4.78, 5) is 3.28. The largest absolute Gasteiger partial charge is 0.496 e. The van der Waals surface area contributed by atoms with Crippen molar-refractivity contribution in [2.75, 3.05) is 7.11 Å². The number of aromatic nitrogens is 1. The first-order chi connectivity index (χ1) is 7.29. The fourth-order valence-electron chi connectivity index (χ4n) is 2.52. The molecule has 2 aromatic rings. The number of H-pyrrole nitrogens is 1. The minimum Gasteiger partial charge on any atom is -0.496 e. The van der Waals surface area contributed by atoms with Crippen LogP contribution < -0.4 is 10.5 Å². The van der Waals surface area contributed by atoms with Gasteiger partial charge in [-0.2, -0.15) is 0 Å². The number of hydrogen-bond donors (Lipinski definition) is 2. The van der Waals surface area contributed by atoms with Crippen molar-refractivity contribution in [2.45, 2.75) is 18.9 Å². The van der Waals surface area contributed by atoms with Gasteiger partial charge in [-0.15, -0.1) is 0 Å². The molecule has 0 aliphatic heterocycles. The molecule has 3 rings (SSSR count). The van der Waals surface area contributed by atoms with E-state index in [0.717, 1.165) is 18.6 Å². The molecule has 3 N–H and O–H groups in total. The maximum absolute atomic E-state index is 6.04. The molecule has 3 nitrogen and oxygen atoms in total. The van der Waals surface area contributed by atoms with E-state index in [1.807, 2.05) is 6.07 Å². The molecular weight excluding hydrogens is 188 g/mol. The van der Waals surface area contributed by atoms with Gasteiger partial charge in [-0.3, -0.25) is 0 Å². The fourth-order valence-corrected chi connectivity index (χ4v) is 2.52. The predicted molar refractivity (Wildman–Crippen MR) is 60.2 cm³/mol. The monoisotopic (exact) mass is 202 g/mol. The van der Waals surface area contributed by atoms with E-state index in [0.29, 0.717) is 0 Å². The van der Waals surface area contributed by atoms with E-state index in [-0.39, 0.29) is 6.04 Å². The summed E-state index contributed by atoms with van der Waals surface area (Å²) in [6.07, 6.45) is 3.93. The van der Waals surface area contributed by atoms with Crippen molar-refractivity contribution in [1.82, 2.24) is 4.98 Å². The van der Waals surface area contributed by atoms with Crippen LogP contribution in [0.25, 0.3) is 10.9 Å². The molecule has 1 aliphatic rings. The van der Waals surface area contributed by atoms with E-state index in [9.17, 15) is 0 Å². The number of ether oxygens (including phenoxy) is 1. The van der Waals surface area contributed by atoms with Crippen LogP contribution in [-0.2, 0) is 12.8 Å². The van der Waals surface area contributed by atoms with Crippen LogP contribution in [0.1, 0.15) is 11.1 Å². The van der Waals surface area contributed by atoms with Gasteiger partial charge in [0.2, 0.25) is 0 Å². The van der Waals surface area contributed by atoms with Crippen molar-refractivity contribution in [1.29, 1.82) is 0 Å². The molecule has 0 spiro atoms. The lowest BCUT2D eigenvalue weighted by Crippen LogP contribution is -2.28. The van der Waals surface area contributed by atoms with Crippen LogP contribution in [-0.4, -0.2) is 18.1 Å². The maximum Gasteiger partial charge on any atom is 0.122 e. The average Bonchev–Trinajstić information content (AvgIpc) is 2.63. The highest BCUT2D eigenvalue weighted by Gasteiger charge is 2.21. The molecular formula is C12H14N2O. The van der Waals surface area contributed by atoms with Crippen LogP contribution in [0.5, 0.6) is 5.75 Å². The van der Waals surface area contributed by atoms with Crippen LogP contribution in [0.4, 0.5) is 0 Å². The lowest BCUT2D eigenvalue weighted by atomic mass is 9.89. The van der Waals surface area contributed by atoms with Gasteiger partial charge in [0.25, 0.3) is 0 Å². The Labute approximate surface area is 88.2 Å². The molecule has 0 saturated carbocycles. The highest BCUT2D eigenvalue weighted by Crippen LogP contribution is 2.34. The third-order valence-corrected chi connectivity index (χ3v) is 3.16. The fraction of sp³-hybridized carbons (Fsp3) is 0.333. The minimum absolute atomic E-state index is 0.216. The third kappa shape index (κ3) is 1.16. The van der Waals surface area contributed by atoms with Gasteiger partial charge >= 0.3 is 0 Å². The quantitative estimate of drug-likeness (QED) is 0.738. The summed E-state index contributed by atoms with van der Waals surface area (Å²) in [7, 11) is 1.71. The molecule has 0 radical (unpaired) electrons. The summed E-state index contributed by atoms with van der Waals surface area (Å²) in [6.45, 7) is 0. The van der Waals surface area contributed by atoms with Gasteiger partial charge in [0.15, 0.2) is 0 Å². The van der Waals surface area contributed by atoms with Crippen molar-refractivity contribution >= 4 is 10.9 Å². The Bertz CT molecular complexity index is 516. The molecule has 1 aliphatic carbocycles. The number of aromatic amines is 1. The number of methoxy groups -OCH3 is 1. The van der Waals surface area contributed by atoms with Crippen LogP contribution in [0.2, 0.25) is 0 Å². The molecule has 1 unspecified atom stereocenters. The summed E-state index contributed by atoms with van der Waals surface area (Å²) in [5, 5.41) is 1.32. The first kappa shape index (κ1) is 8.80. The summed E-state index contributed by atoms with van der Waals surface area (Å²) >= 11 is 0. The Morgan fingerprint density at radius 2 is 2.27 bits per heavy atom. The van der Waals surface area contributed by atoms with E-state index in [1.54, 1.807) is 7.11 Å². The van der Waals surface area contributed by atoms with Gasteiger partial charge in [0.1, 0.15) is 5.75 Å². The molecule has 1 aromatic carbocycles. The Hall–Kier alpha value is -1.48. The molecule has 1 heterocycles. The molecule has 3 heteroatoms. The second-order valence-electron chi connectivity index (χ2n) is 4.15. The maximum atomic E-state index is 6.04. The number of hydrogen-bond acceptors (Lipinski definition) is 2. The second-order valence-corrected chi connectivity index (χ2v) is 4.15. The van der Waals surface area contributed by atoms with Crippen LogP contribution in [0.3, 0.4) is 0 Å². The molecule has 78 valence electrons. The van der Waals surface area contributed by atoms with Crippen LogP contribution in [0.15, 0.2) is 18.3 Å². The lowest BCUT2D eigenvalue weighted by Gasteiger charge is -2.20. The van der Waals surface area contributed by atoms with E-state index in [1.165, 1.54) is 22.0 Å². The second kappa shape index (κ2) is 3.00. The van der Waals surface area contributed by atoms with E-state index < -0.39 is 0 Å². The van der Waals surface area contributed by atoms with Gasteiger partial charge < -0.3 is 15.5 Å². The number of nitrogens with one attached hydrogen (secondary N) is 1. The van der Waals surface area contributed by atoms with E-state index in [2.05, 4.69) is 17.2 Å². The Balaban J connectivity index is 2.35. The van der Waals surface area contributed by atoms with Crippen molar-refractivity contribution in [3.8, 4) is 5.75 Å². The zero-order chi connectivity index (χ0) is 10.4. The van der Waals surface area contributed by atoms with Gasteiger partial charge in [-0.05, 0) is 30.5 Å². The van der Waals surface area contributed by atoms with Crippen molar-refractivity contribution in [3.63, 3.8) is 0 Å². The smallest absolute Gasteiger partial charge is 0.122 e. The van der Waals surface area contributed by atoms with E-state index >= 15 is 0 Å². The van der Waals surface area contributed by atoms with Crippen molar-refractivity contribution < 1.29 is 4.74 Å². The predicted octanol–water partition coefficient (Wildman–Crippen LogP) is 1.60. The number of nitrogens with two attached hydrogens (primary N) is 1. The summed E-state index contributed by atoms with van der Waals surface area (Å²) in [5.41, 5.74) is 9.80. The SMILES string of the molecule is COc1ccc2[nH]cc3c2c1CC(N)C3. The molecule has 1 aromatic heterocycles. The first-order valence-electron chi connectivity index (χ1n) is 5.21. The summed E-state index contributed by atoms with van der Waals surface area (Å²) in [6, 6.07) is 4.29. The third-order valence-electron chi connectivity index (χ3n) is 3.16. The van der Waals surface area contributed by atoms with Crippen molar-refractivity contribution in [3.05, 3.63) is 29.5 Å². The highest BCUT2D eigenvalue weighted by atomic mass is 16.5. The van der Waals surface area contributed by atoms with Crippen molar-refractivity contribution in [2.24, 2.45) is 5.73 Å². The summed E-state index contributed by atoms with van der Waals surface area (Å²) < 4.78 is 5.38. The van der Waals surface area contributed by atoms with Crippen LogP contribution in [0, 0.1) is 0 Å². The Kier molecular flexibility index (Phi) is 1.76. The molecule has 0 fully saturated rings. The topological polar surface area (TPSA) is 51.0 Å². The van der Waals surface area contributed by atoms with Gasteiger partial charge in [0, 0.05) is 28.7 Å². The molecule has 0 amide bonds. The zero-order valence-electron chi connectivity index (χ0n) is 8.71. The zero-order valence-corrected chi connectivity index (χ0v) is 8.71. The number of rotatable bonds is 1. The lowest BCUT2D eigenvalue weighted by molar-refractivity contribution is 0.408. The molecule has 15 heavy (non-hydrogen) atoms. The molecule has 0 saturated heterocycles. The van der Waals surface area contributed by atoms with Gasteiger partial charge in [-0.25, -0.2) is 0 Å². The molecule has 0 bridgehead atoms. The van der Waals surface area contributed by atoms with Gasteiger partial charge in [0.05, 0.1) is 7.11 Å². The minimum atomic E-state index is 0.216.